The van der Waals surface area contributed by atoms with Gasteiger partial charge in [-0.2, -0.15) is 0 Å². The Morgan fingerprint density at radius 1 is 1.22 bits per heavy atom. The molecule has 2 aromatic heterocycles. The average molecular weight is 492 g/mol. The number of hydrogen-bond acceptors (Lipinski definition) is 8. The number of fused-ring (bicyclic) bond motifs is 1. The topological polar surface area (TPSA) is 101 Å². The first kappa shape index (κ1) is 25.5. The molecule has 3 aromatic rings. The summed E-state index contributed by atoms with van der Waals surface area (Å²) in [5, 5.41) is 9.90. The fourth-order valence-corrected chi connectivity index (χ4v) is 4.45. The lowest BCUT2D eigenvalue weighted by Gasteiger charge is -2.37. The van der Waals surface area contributed by atoms with Crippen LogP contribution in [0.15, 0.2) is 55.2 Å². The number of pyridine rings is 1. The summed E-state index contributed by atoms with van der Waals surface area (Å²) >= 11 is 0. The van der Waals surface area contributed by atoms with Crippen molar-refractivity contribution in [1.29, 1.82) is 0 Å². The number of likely N-dealkylation sites (N-methyl/N-ethyl adjacent to an activating group) is 1. The van der Waals surface area contributed by atoms with E-state index in [1.807, 2.05) is 38.2 Å². The number of aromatic nitrogens is 3. The summed E-state index contributed by atoms with van der Waals surface area (Å²) in [6.07, 6.45) is 6.58. The minimum Gasteiger partial charge on any atom is -0.496 e. The molecule has 0 saturated heterocycles. The standard InChI is InChI=1S/C27H33N5O4/c1-18-13-32(19(2)16-33)27(34)23-9-21(22-7-5-6-8-24(22)35-4)12-30-26(23)36-25(18)15-31(3)14-20-10-28-17-29-11-20/h5-12,17-19,25,33H,13-16H2,1-4H3/t18-,19+,25+/m0/s1. The first-order valence-corrected chi connectivity index (χ1v) is 12.1. The smallest absolute Gasteiger partial charge is 0.259 e. The fourth-order valence-electron chi connectivity index (χ4n) is 4.45. The number of methoxy groups -OCH3 is 1. The van der Waals surface area contributed by atoms with Gasteiger partial charge in [-0.1, -0.05) is 25.1 Å². The van der Waals surface area contributed by atoms with Crippen LogP contribution in [0.4, 0.5) is 0 Å². The van der Waals surface area contributed by atoms with Crippen LogP contribution < -0.4 is 9.47 Å². The zero-order valence-electron chi connectivity index (χ0n) is 21.2. The van der Waals surface area contributed by atoms with Crippen LogP contribution in [0.1, 0.15) is 29.8 Å². The van der Waals surface area contributed by atoms with Crippen LogP contribution in [0, 0.1) is 5.92 Å². The van der Waals surface area contributed by atoms with Crippen molar-refractivity contribution < 1.29 is 19.4 Å². The summed E-state index contributed by atoms with van der Waals surface area (Å²) in [6, 6.07) is 9.07. The number of aliphatic hydroxyl groups excluding tert-OH is 1. The quantitative estimate of drug-likeness (QED) is 0.513. The van der Waals surface area contributed by atoms with Gasteiger partial charge in [0.2, 0.25) is 5.88 Å². The molecule has 9 heteroatoms. The van der Waals surface area contributed by atoms with E-state index in [9.17, 15) is 9.90 Å². The molecule has 190 valence electrons. The van der Waals surface area contributed by atoms with Crippen LogP contribution >= 0.6 is 0 Å². The number of ether oxygens (including phenoxy) is 2. The van der Waals surface area contributed by atoms with E-state index in [1.165, 1.54) is 6.33 Å². The van der Waals surface area contributed by atoms with E-state index < -0.39 is 0 Å². The first-order chi connectivity index (χ1) is 17.4. The molecule has 3 atom stereocenters. The maximum Gasteiger partial charge on any atom is 0.259 e. The summed E-state index contributed by atoms with van der Waals surface area (Å²) in [7, 11) is 3.63. The highest BCUT2D eigenvalue weighted by Gasteiger charge is 2.34. The van der Waals surface area contributed by atoms with Gasteiger partial charge in [0.1, 0.15) is 23.7 Å². The number of nitrogens with zero attached hydrogens (tertiary/aromatic N) is 5. The second-order valence-electron chi connectivity index (χ2n) is 9.34. The highest BCUT2D eigenvalue weighted by molar-refractivity contribution is 5.98. The second-order valence-corrected chi connectivity index (χ2v) is 9.34. The maximum atomic E-state index is 13.7. The number of amides is 1. The van der Waals surface area contributed by atoms with Crippen LogP contribution in [0.5, 0.6) is 11.6 Å². The van der Waals surface area contributed by atoms with Crippen molar-refractivity contribution >= 4 is 5.91 Å². The van der Waals surface area contributed by atoms with Crippen LogP contribution in [0.25, 0.3) is 11.1 Å². The summed E-state index contributed by atoms with van der Waals surface area (Å²) in [5.74, 6) is 0.774. The van der Waals surface area contributed by atoms with Gasteiger partial charge in [0.05, 0.1) is 19.8 Å². The molecule has 1 N–H and O–H groups in total. The van der Waals surface area contributed by atoms with Gasteiger partial charge in [-0.05, 0) is 26.1 Å². The third kappa shape index (κ3) is 5.63. The lowest BCUT2D eigenvalue weighted by molar-refractivity contribution is 0.0325. The molecule has 1 amide bonds. The van der Waals surface area contributed by atoms with Crippen molar-refractivity contribution in [3.63, 3.8) is 0 Å². The minimum absolute atomic E-state index is 0.00117. The van der Waals surface area contributed by atoms with E-state index >= 15 is 0 Å². The Morgan fingerprint density at radius 2 is 1.97 bits per heavy atom. The number of rotatable bonds is 8. The Balaban J connectivity index is 1.68. The Morgan fingerprint density at radius 3 is 2.69 bits per heavy atom. The van der Waals surface area contributed by atoms with E-state index in [-0.39, 0.29) is 30.6 Å². The monoisotopic (exact) mass is 491 g/mol. The molecule has 0 saturated carbocycles. The third-order valence-corrected chi connectivity index (χ3v) is 6.50. The summed E-state index contributed by atoms with van der Waals surface area (Å²) in [5.41, 5.74) is 2.96. The average Bonchev–Trinajstić information content (AvgIpc) is 2.90. The number of carbonyl (C=O) groups is 1. The molecule has 0 bridgehead atoms. The molecule has 1 aliphatic rings. The van der Waals surface area contributed by atoms with Gasteiger partial charge in [0, 0.05) is 60.8 Å². The van der Waals surface area contributed by atoms with E-state index in [2.05, 4.69) is 26.8 Å². The highest BCUT2D eigenvalue weighted by atomic mass is 16.5. The largest absolute Gasteiger partial charge is 0.496 e. The Hall–Kier alpha value is -3.56. The number of benzene rings is 1. The Bertz CT molecular complexity index is 1180. The minimum atomic E-state index is -0.347. The van der Waals surface area contributed by atoms with E-state index in [0.29, 0.717) is 36.8 Å². The summed E-state index contributed by atoms with van der Waals surface area (Å²) < 4.78 is 11.9. The van der Waals surface area contributed by atoms with Gasteiger partial charge in [-0.25, -0.2) is 15.0 Å². The summed E-state index contributed by atoms with van der Waals surface area (Å²) in [6.45, 7) is 5.50. The van der Waals surface area contributed by atoms with Crippen LogP contribution in [-0.2, 0) is 6.54 Å². The normalized spacial score (nSPS) is 18.7. The number of aliphatic hydroxyl groups is 1. The van der Waals surface area contributed by atoms with Crippen molar-refractivity contribution in [2.24, 2.45) is 5.92 Å². The molecule has 0 aliphatic carbocycles. The molecule has 1 aliphatic heterocycles. The molecule has 36 heavy (non-hydrogen) atoms. The molecule has 0 fully saturated rings. The molecule has 0 spiro atoms. The van der Waals surface area contributed by atoms with Gasteiger partial charge in [-0.3, -0.25) is 9.69 Å². The highest BCUT2D eigenvalue weighted by Crippen LogP contribution is 2.34. The summed E-state index contributed by atoms with van der Waals surface area (Å²) in [4.78, 5) is 30.3. The lowest BCUT2D eigenvalue weighted by atomic mass is 9.99. The SMILES string of the molecule is COc1ccccc1-c1cnc2c(c1)C(=O)N([C@H](C)CO)C[C@H](C)[C@@H](CN(C)Cc1cncnc1)O2. The van der Waals surface area contributed by atoms with Gasteiger partial charge >= 0.3 is 0 Å². The zero-order chi connectivity index (χ0) is 25.7. The number of carbonyl (C=O) groups excluding carboxylic acids is 1. The van der Waals surface area contributed by atoms with Gasteiger partial charge in [0.25, 0.3) is 5.91 Å². The molecular weight excluding hydrogens is 458 g/mol. The molecule has 0 radical (unpaired) electrons. The molecule has 0 unspecified atom stereocenters. The third-order valence-electron chi connectivity index (χ3n) is 6.50. The Labute approximate surface area is 211 Å². The van der Waals surface area contributed by atoms with E-state index in [0.717, 1.165) is 16.7 Å². The van der Waals surface area contributed by atoms with Gasteiger partial charge < -0.3 is 19.5 Å². The van der Waals surface area contributed by atoms with Crippen LogP contribution in [-0.4, -0.2) is 81.8 Å². The van der Waals surface area contributed by atoms with Gasteiger partial charge in [0.15, 0.2) is 0 Å². The van der Waals surface area contributed by atoms with Crippen LogP contribution in [0.3, 0.4) is 0 Å². The zero-order valence-corrected chi connectivity index (χ0v) is 21.2. The van der Waals surface area contributed by atoms with E-state index in [1.54, 1.807) is 36.7 Å². The molecule has 9 nitrogen and oxygen atoms in total. The molecular formula is C27H33N5O4. The molecule has 1 aromatic carbocycles. The van der Waals surface area contributed by atoms with E-state index in [4.69, 9.17) is 9.47 Å². The second kappa shape index (κ2) is 11.5. The first-order valence-electron chi connectivity index (χ1n) is 12.1. The number of hydrogen-bond donors (Lipinski definition) is 1. The molecule has 4 rings (SSSR count). The maximum absolute atomic E-state index is 13.7. The molecule has 3 heterocycles. The van der Waals surface area contributed by atoms with Crippen LogP contribution in [0.2, 0.25) is 0 Å². The lowest BCUT2D eigenvalue weighted by Crippen LogP contribution is -2.49. The predicted molar refractivity (Wildman–Crippen MR) is 136 cm³/mol. The fraction of sp³-hybridized carbons (Fsp3) is 0.407. The van der Waals surface area contributed by atoms with Crippen molar-refractivity contribution in [3.8, 4) is 22.8 Å². The predicted octanol–water partition coefficient (Wildman–Crippen LogP) is 2.90. The Kier molecular flexibility index (Phi) is 8.12. The number of para-hydroxylation sites is 1. The van der Waals surface area contributed by atoms with Crippen molar-refractivity contribution in [2.45, 2.75) is 32.5 Å². The van der Waals surface area contributed by atoms with Gasteiger partial charge in [-0.15, -0.1) is 0 Å². The van der Waals surface area contributed by atoms with Crippen molar-refractivity contribution in [3.05, 3.63) is 66.4 Å². The van der Waals surface area contributed by atoms with Crippen molar-refractivity contribution in [1.82, 2.24) is 24.8 Å². The van der Waals surface area contributed by atoms with Crippen molar-refractivity contribution in [2.75, 3.05) is 33.9 Å².